The molecule has 0 saturated carbocycles. The van der Waals surface area contributed by atoms with E-state index >= 15 is 0 Å². The van der Waals surface area contributed by atoms with Gasteiger partial charge < -0.3 is 15.6 Å². The van der Waals surface area contributed by atoms with Crippen LogP contribution in [0.4, 0.5) is 17.3 Å². The summed E-state index contributed by atoms with van der Waals surface area (Å²) in [5, 5.41) is 6.14. The van der Waals surface area contributed by atoms with Crippen molar-refractivity contribution in [2.45, 2.75) is 6.92 Å². The van der Waals surface area contributed by atoms with E-state index in [9.17, 15) is 4.79 Å². The number of aromatic nitrogens is 3. The maximum atomic E-state index is 12.4. The van der Waals surface area contributed by atoms with Gasteiger partial charge in [-0.15, -0.1) is 0 Å². The molecule has 0 aliphatic rings. The number of pyridine rings is 1. The van der Waals surface area contributed by atoms with Gasteiger partial charge in [-0.1, -0.05) is 23.8 Å². The second-order valence-electron chi connectivity index (χ2n) is 6.42. The molecule has 3 N–H and O–H groups in total. The van der Waals surface area contributed by atoms with Crippen molar-refractivity contribution < 1.29 is 4.79 Å². The summed E-state index contributed by atoms with van der Waals surface area (Å²) in [5.74, 6) is 0.471. The van der Waals surface area contributed by atoms with Crippen LogP contribution in [0.2, 0.25) is 0 Å². The maximum absolute atomic E-state index is 12.4. The first-order valence-corrected chi connectivity index (χ1v) is 8.88. The molecular formula is C22H19N5O. The van der Waals surface area contributed by atoms with E-state index in [0.29, 0.717) is 17.2 Å². The van der Waals surface area contributed by atoms with Gasteiger partial charge in [-0.05, 0) is 49.4 Å². The molecule has 2 heterocycles. The summed E-state index contributed by atoms with van der Waals surface area (Å²) < 4.78 is 0. The largest absolute Gasteiger partial charge is 0.326 e. The standard InChI is InChI=1S/C22H19N5O/c1-15-5-2-6-16(11-15)21(28)25-18-8-3-9-19(12-18)26-22-24-14-20(27-22)17-7-4-10-23-13-17/h2-14H,1H3,(H,25,28)(H2,24,26,27). The summed E-state index contributed by atoms with van der Waals surface area (Å²) >= 11 is 0. The third-order valence-corrected chi connectivity index (χ3v) is 4.21. The summed E-state index contributed by atoms with van der Waals surface area (Å²) in [6, 6.07) is 18.8. The monoisotopic (exact) mass is 369 g/mol. The van der Waals surface area contributed by atoms with Crippen molar-refractivity contribution in [3.05, 3.63) is 90.4 Å². The number of nitrogens with one attached hydrogen (secondary N) is 3. The molecule has 6 heteroatoms. The van der Waals surface area contributed by atoms with Crippen molar-refractivity contribution in [1.29, 1.82) is 0 Å². The van der Waals surface area contributed by atoms with Crippen LogP contribution in [-0.4, -0.2) is 20.9 Å². The molecule has 2 aromatic heterocycles. The molecule has 0 aliphatic carbocycles. The molecule has 0 atom stereocenters. The van der Waals surface area contributed by atoms with Gasteiger partial charge in [0.2, 0.25) is 5.95 Å². The first-order chi connectivity index (χ1) is 13.7. The van der Waals surface area contributed by atoms with Crippen LogP contribution >= 0.6 is 0 Å². The van der Waals surface area contributed by atoms with Crippen molar-refractivity contribution in [3.8, 4) is 11.3 Å². The number of hydrogen-bond acceptors (Lipinski definition) is 4. The van der Waals surface area contributed by atoms with Gasteiger partial charge in [0.05, 0.1) is 11.9 Å². The molecular weight excluding hydrogens is 350 g/mol. The zero-order valence-electron chi connectivity index (χ0n) is 15.3. The molecule has 138 valence electrons. The smallest absolute Gasteiger partial charge is 0.255 e. The normalized spacial score (nSPS) is 10.5. The number of aryl methyl sites for hydroxylation is 1. The summed E-state index contributed by atoms with van der Waals surface area (Å²) in [6.07, 6.45) is 5.26. The molecule has 0 spiro atoms. The number of carbonyl (C=O) groups excluding carboxylic acids is 1. The van der Waals surface area contributed by atoms with Gasteiger partial charge >= 0.3 is 0 Å². The number of carbonyl (C=O) groups is 1. The van der Waals surface area contributed by atoms with Crippen LogP contribution in [0.25, 0.3) is 11.3 Å². The van der Waals surface area contributed by atoms with E-state index in [1.807, 2.05) is 61.5 Å². The number of aromatic amines is 1. The van der Waals surface area contributed by atoms with Crippen LogP contribution in [0.5, 0.6) is 0 Å². The van der Waals surface area contributed by atoms with Crippen molar-refractivity contribution in [3.63, 3.8) is 0 Å². The molecule has 0 unspecified atom stereocenters. The molecule has 28 heavy (non-hydrogen) atoms. The molecule has 6 nitrogen and oxygen atoms in total. The Morgan fingerprint density at radius 3 is 2.64 bits per heavy atom. The average Bonchev–Trinajstić information content (AvgIpc) is 3.17. The van der Waals surface area contributed by atoms with Crippen LogP contribution in [0.1, 0.15) is 15.9 Å². The van der Waals surface area contributed by atoms with E-state index in [1.54, 1.807) is 24.7 Å². The fourth-order valence-electron chi connectivity index (χ4n) is 2.85. The Bertz CT molecular complexity index is 1100. The minimum Gasteiger partial charge on any atom is -0.326 e. The van der Waals surface area contributed by atoms with Crippen molar-refractivity contribution in [1.82, 2.24) is 15.0 Å². The van der Waals surface area contributed by atoms with Crippen LogP contribution in [0, 0.1) is 6.92 Å². The average molecular weight is 369 g/mol. The highest BCUT2D eigenvalue weighted by Crippen LogP contribution is 2.22. The number of H-pyrrole nitrogens is 1. The Morgan fingerprint density at radius 2 is 1.82 bits per heavy atom. The van der Waals surface area contributed by atoms with Gasteiger partial charge in [-0.3, -0.25) is 9.78 Å². The molecule has 0 bridgehead atoms. The van der Waals surface area contributed by atoms with Gasteiger partial charge in [-0.25, -0.2) is 4.98 Å². The maximum Gasteiger partial charge on any atom is 0.255 e. The second kappa shape index (κ2) is 7.75. The van der Waals surface area contributed by atoms with Gasteiger partial charge in [0.1, 0.15) is 0 Å². The minimum atomic E-state index is -0.141. The number of anilines is 3. The third-order valence-electron chi connectivity index (χ3n) is 4.21. The lowest BCUT2D eigenvalue weighted by molar-refractivity contribution is 0.102. The Balaban J connectivity index is 1.47. The van der Waals surface area contributed by atoms with Crippen LogP contribution in [-0.2, 0) is 0 Å². The Morgan fingerprint density at radius 1 is 0.964 bits per heavy atom. The lowest BCUT2D eigenvalue weighted by atomic mass is 10.1. The van der Waals surface area contributed by atoms with Crippen molar-refractivity contribution in [2.24, 2.45) is 0 Å². The molecule has 4 aromatic rings. The Hall–Kier alpha value is -3.93. The van der Waals surface area contributed by atoms with Crippen LogP contribution < -0.4 is 10.6 Å². The summed E-state index contributed by atoms with van der Waals surface area (Å²) in [6.45, 7) is 1.96. The highest BCUT2D eigenvalue weighted by molar-refractivity contribution is 6.04. The predicted octanol–water partition coefficient (Wildman–Crippen LogP) is 4.78. The van der Waals surface area contributed by atoms with Crippen molar-refractivity contribution in [2.75, 3.05) is 10.6 Å². The zero-order valence-corrected chi connectivity index (χ0v) is 15.3. The van der Waals surface area contributed by atoms with E-state index in [1.165, 1.54) is 0 Å². The van der Waals surface area contributed by atoms with E-state index in [-0.39, 0.29) is 5.91 Å². The topological polar surface area (TPSA) is 82.7 Å². The van der Waals surface area contributed by atoms with E-state index in [2.05, 4.69) is 25.6 Å². The first-order valence-electron chi connectivity index (χ1n) is 8.88. The van der Waals surface area contributed by atoms with Gasteiger partial charge in [0.25, 0.3) is 5.91 Å². The molecule has 0 saturated heterocycles. The zero-order chi connectivity index (χ0) is 19.3. The molecule has 0 fully saturated rings. The fourth-order valence-corrected chi connectivity index (χ4v) is 2.85. The highest BCUT2D eigenvalue weighted by Gasteiger charge is 2.08. The summed E-state index contributed by atoms with van der Waals surface area (Å²) in [5.41, 5.74) is 5.03. The highest BCUT2D eigenvalue weighted by atomic mass is 16.1. The number of nitrogens with zero attached hydrogens (tertiary/aromatic N) is 2. The van der Waals surface area contributed by atoms with Crippen LogP contribution in [0.15, 0.2) is 79.3 Å². The SMILES string of the molecule is Cc1cccc(C(=O)Nc2cccc(Nc3ncc(-c4cccnc4)[nH]3)c2)c1. The third kappa shape index (κ3) is 4.07. The number of benzene rings is 2. The van der Waals surface area contributed by atoms with Crippen molar-refractivity contribution >= 4 is 23.2 Å². The van der Waals surface area contributed by atoms with Gasteiger partial charge in [-0.2, -0.15) is 0 Å². The molecule has 4 rings (SSSR count). The number of amides is 1. The quantitative estimate of drug-likeness (QED) is 0.473. The first kappa shape index (κ1) is 17.5. The van der Waals surface area contributed by atoms with E-state index < -0.39 is 0 Å². The number of rotatable bonds is 5. The van der Waals surface area contributed by atoms with Gasteiger partial charge in [0.15, 0.2) is 0 Å². The fraction of sp³-hybridized carbons (Fsp3) is 0.0455. The number of imidazole rings is 1. The molecule has 2 aromatic carbocycles. The lowest BCUT2D eigenvalue weighted by Gasteiger charge is -2.08. The van der Waals surface area contributed by atoms with Crippen LogP contribution in [0.3, 0.4) is 0 Å². The second-order valence-corrected chi connectivity index (χ2v) is 6.42. The summed E-state index contributed by atoms with van der Waals surface area (Å²) in [7, 11) is 0. The van der Waals surface area contributed by atoms with E-state index in [4.69, 9.17) is 0 Å². The summed E-state index contributed by atoms with van der Waals surface area (Å²) in [4.78, 5) is 24.1. The molecule has 1 amide bonds. The Kier molecular flexibility index (Phi) is 4.84. The minimum absolute atomic E-state index is 0.141. The van der Waals surface area contributed by atoms with Gasteiger partial charge in [0, 0.05) is 34.9 Å². The Labute approximate surface area is 162 Å². The predicted molar refractivity (Wildman–Crippen MR) is 111 cm³/mol. The molecule has 0 aliphatic heterocycles. The lowest BCUT2D eigenvalue weighted by Crippen LogP contribution is -2.12. The van der Waals surface area contributed by atoms with E-state index in [0.717, 1.165) is 22.5 Å². The molecule has 0 radical (unpaired) electrons. The number of hydrogen-bond donors (Lipinski definition) is 3.